The molecule has 0 aromatic heterocycles. The molecule has 0 bridgehead atoms. The van der Waals surface area contributed by atoms with E-state index in [0.29, 0.717) is 32.5 Å². The Morgan fingerprint density at radius 2 is 1.96 bits per heavy atom. The summed E-state index contributed by atoms with van der Waals surface area (Å²) in [4.78, 5) is 26.0. The van der Waals surface area contributed by atoms with Crippen molar-refractivity contribution in [1.82, 2.24) is 10.2 Å². The van der Waals surface area contributed by atoms with Crippen LogP contribution >= 0.6 is 0 Å². The zero-order valence-corrected chi connectivity index (χ0v) is 14.8. The van der Waals surface area contributed by atoms with E-state index in [0.717, 1.165) is 19.4 Å². The predicted octanol–water partition coefficient (Wildman–Crippen LogP) is 2.32. The third-order valence-electron chi connectivity index (χ3n) is 4.45. The van der Waals surface area contributed by atoms with Gasteiger partial charge in [0.15, 0.2) is 0 Å². The van der Waals surface area contributed by atoms with Gasteiger partial charge in [-0.1, -0.05) is 0 Å². The highest BCUT2D eigenvalue weighted by Crippen LogP contribution is 2.25. The Hall–Kier alpha value is -1.30. The molecule has 6 nitrogen and oxygen atoms in total. The number of carbonyl (C=O) groups is 2. The van der Waals surface area contributed by atoms with E-state index in [9.17, 15) is 9.59 Å². The molecular formula is C17H30N2O4. The van der Waals surface area contributed by atoms with Crippen LogP contribution in [0.1, 0.15) is 53.4 Å². The molecule has 0 radical (unpaired) electrons. The number of ether oxygens (including phenoxy) is 2. The molecule has 0 aliphatic carbocycles. The lowest BCUT2D eigenvalue weighted by atomic mass is 9.95. The van der Waals surface area contributed by atoms with Crippen molar-refractivity contribution in [2.45, 2.75) is 64.6 Å². The smallest absolute Gasteiger partial charge is 0.410 e. The molecule has 6 heteroatoms. The topological polar surface area (TPSA) is 67.9 Å². The van der Waals surface area contributed by atoms with Gasteiger partial charge in [-0.2, -0.15) is 0 Å². The van der Waals surface area contributed by atoms with E-state index in [1.165, 1.54) is 0 Å². The van der Waals surface area contributed by atoms with Gasteiger partial charge in [0.2, 0.25) is 5.91 Å². The number of rotatable bonds is 3. The number of likely N-dealkylation sites (tertiary alicyclic amines) is 1. The monoisotopic (exact) mass is 326 g/mol. The van der Waals surface area contributed by atoms with Gasteiger partial charge in [-0.15, -0.1) is 0 Å². The highest BCUT2D eigenvalue weighted by molar-refractivity contribution is 5.79. The van der Waals surface area contributed by atoms with Gasteiger partial charge in [-0.25, -0.2) is 4.79 Å². The molecule has 2 heterocycles. The molecular weight excluding hydrogens is 296 g/mol. The van der Waals surface area contributed by atoms with Crippen LogP contribution in [0, 0.1) is 5.92 Å². The first-order valence-corrected chi connectivity index (χ1v) is 8.58. The Morgan fingerprint density at radius 3 is 2.48 bits per heavy atom. The second-order valence-corrected chi connectivity index (χ2v) is 7.86. The summed E-state index contributed by atoms with van der Waals surface area (Å²) < 4.78 is 11.1. The van der Waals surface area contributed by atoms with Gasteiger partial charge >= 0.3 is 6.09 Å². The minimum Gasteiger partial charge on any atom is -0.444 e. The Labute approximate surface area is 138 Å². The molecule has 1 N–H and O–H groups in total. The molecule has 2 amide bonds. The normalized spacial score (nSPS) is 26.2. The van der Waals surface area contributed by atoms with E-state index in [1.807, 2.05) is 27.7 Å². The SMILES string of the molecule is CC(C)(C)OC(=O)N1CCC(C(=O)NC[C@]2(C)CCCO2)CC1. The summed E-state index contributed by atoms with van der Waals surface area (Å²) in [6.45, 7) is 10.1. The molecule has 2 saturated heterocycles. The summed E-state index contributed by atoms with van der Waals surface area (Å²) in [6.07, 6.45) is 3.12. The van der Waals surface area contributed by atoms with Crippen LogP contribution in [0.25, 0.3) is 0 Å². The van der Waals surface area contributed by atoms with E-state index < -0.39 is 5.60 Å². The Bertz CT molecular complexity index is 430. The maximum atomic E-state index is 12.3. The number of hydrogen-bond acceptors (Lipinski definition) is 4. The lowest BCUT2D eigenvalue weighted by Crippen LogP contribution is -2.47. The first-order chi connectivity index (χ1) is 10.7. The molecule has 2 rings (SSSR count). The fraction of sp³-hybridized carbons (Fsp3) is 0.882. The lowest BCUT2D eigenvalue weighted by molar-refractivity contribution is -0.127. The Balaban J connectivity index is 1.73. The van der Waals surface area contributed by atoms with Crippen LogP contribution in [0.15, 0.2) is 0 Å². The quantitative estimate of drug-likeness (QED) is 0.864. The van der Waals surface area contributed by atoms with Crippen molar-refractivity contribution in [3.8, 4) is 0 Å². The molecule has 0 aromatic rings. The third-order valence-corrected chi connectivity index (χ3v) is 4.45. The van der Waals surface area contributed by atoms with Gasteiger partial charge in [0.1, 0.15) is 5.60 Å². The van der Waals surface area contributed by atoms with Crippen LogP contribution in [0.5, 0.6) is 0 Å². The summed E-state index contributed by atoms with van der Waals surface area (Å²) in [7, 11) is 0. The number of nitrogens with one attached hydrogen (secondary N) is 1. The van der Waals surface area contributed by atoms with Gasteiger partial charge < -0.3 is 19.7 Å². The van der Waals surface area contributed by atoms with E-state index in [1.54, 1.807) is 4.90 Å². The summed E-state index contributed by atoms with van der Waals surface area (Å²) in [6, 6.07) is 0. The summed E-state index contributed by atoms with van der Waals surface area (Å²) in [5, 5.41) is 3.02. The van der Waals surface area contributed by atoms with Crippen molar-refractivity contribution in [2.75, 3.05) is 26.2 Å². The fourth-order valence-corrected chi connectivity index (χ4v) is 3.05. The molecule has 0 unspecified atom stereocenters. The van der Waals surface area contributed by atoms with E-state index in [4.69, 9.17) is 9.47 Å². The Morgan fingerprint density at radius 1 is 1.30 bits per heavy atom. The van der Waals surface area contributed by atoms with E-state index >= 15 is 0 Å². The fourth-order valence-electron chi connectivity index (χ4n) is 3.05. The first kappa shape index (κ1) is 18.0. The average Bonchev–Trinajstić information content (AvgIpc) is 2.90. The van der Waals surface area contributed by atoms with Crippen molar-refractivity contribution in [2.24, 2.45) is 5.92 Å². The van der Waals surface area contributed by atoms with Gasteiger partial charge in [0.05, 0.1) is 5.60 Å². The van der Waals surface area contributed by atoms with Crippen LogP contribution in [-0.2, 0) is 14.3 Å². The zero-order valence-electron chi connectivity index (χ0n) is 14.8. The summed E-state index contributed by atoms with van der Waals surface area (Å²) in [5.41, 5.74) is -0.699. The summed E-state index contributed by atoms with van der Waals surface area (Å²) in [5.74, 6) is 0.0456. The van der Waals surface area contributed by atoms with E-state index in [2.05, 4.69) is 5.32 Å². The molecule has 0 aromatic carbocycles. The van der Waals surface area contributed by atoms with E-state index in [-0.39, 0.29) is 23.5 Å². The standard InChI is InChI=1S/C17H30N2O4/c1-16(2,3)23-15(21)19-9-6-13(7-10-19)14(20)18-12-17(4)8-5-11-22-17/h13H,5-12H2,1-4H3,(H,18,20)/t17-/m0/s1. The minimum atomic E-state index is -0.484. The highest BCUT2D eigenvalue weighted by Gasteiger charge is 2.33. The predicted molar refractivity (Wildman–Crippen MR) is 87.1 cm³/mol. The molecule has 23 heavy (non-hydrogen) atoms. The van der Waals surface area contributed by atoms with Crippen LogP contribution in [0.3, 0.4) is 0 Å². The van der Waals surface area contributed by atoms with Gasteiger partial charge in [0.25, 0.3) is 0 Å². The zero-order chi connectivity index (χ0) is 17.1. The summed E-state index contributed by atoms with van der Waals surface area (Å²) >= 11 is 0. The molecule has 0 spiro atoms. The van der Waals surface area contributed by atoms with Gasteiger partial charge in [-0.3, -0.25) is 4.79 Å². The van der Waals surface area contributed by atoms with Crippen LogP contribution < -0.4 is 5.32 Å². The van der Waals surface area contributed by atoms with Crippen LogP contribution in [0.2, 0.25) is 0 Å². The highest BCUT2D eigenvalue weighted by atomic mass is 16.6. The average molecular weight is 326 g/mol. The maximum Gasteiger partial charge on any atom is 0.410 e. The van der Waals surface area contributed by atoms with Crippen molar-refractivity contribution < 1.29 is 19.1 Å². The number of hydrogen-bond donors (Lipinski definition) is 1. The van der Waals surface area contributed by atoms with Crippen LogP contribution in [0.4, 0.5) is 4.79 Å². The Kier molecular flexibility index (Phi) is 5.55. The molecule has 2 aliphatic heterocycles. The van der Waals surface area contributed by atoms with Crippen molar-refractivity contribution in [3.63, 3.8) is 0 Å². The molecule has 0 saturated carbocycles. The number of carbonyl (C=O) groups excluding carboxylic acids is 2. The lowest BCUT2D eigenvalue weighted by Gasteiger charge is -2.33. The number of piperidine rings is 1. The first-order valence-electron chi connectivity index (χ1n) is 8.58. The third kappa shape index (κ3) is 5.37. The molecule has 132 valence electrons. The maximum absolute atomic E-state index is 12.3. The number of amides is 2. The van der Waals surface area contributed by atoms with Crippen molar-refractivity contribution in [1.29, 1.82) is 0 Å². The van der Waals surface area contributed by atoms with Crippen LogP contribution in [-0.4, -0.2) is 54.3 Å². The van der Waals surface area contributed by atoms with Crippen molar-refractivity contribution >= 4 is 12.0 Å². The van der Waals surface area contributed by atoms with Crippen molar-refractivity contribution in [3.05, 3.63) is 0 Å². The number of nitrogens with zero attached hydrogens (tertiary/aromatic N) is 1. The molecule has 2 fully saturated rings. The second-order valence-electron chi connectivity index (χ2n) is 7.86. The van der Waals surface area contributed by atoms with Gasteiger partial charge in [0, 0.05) is 32.2 Å². The largest absolute Gasteiger partial charge is 0.444 e. The molecule has 2 aliphatic rings. The second kappa shape index (κ2) is 7.07. The minimum absolute atomic E-state index is 0.0290. The van der Waals surface area contributed by atoms with Gasteiger partial charge in [-0.05, 0) is 53.4 Å². The molecule has 1 atom stereocenters.